The summed E-state index contributed by atoms with van der Waals surface area (Å²) in [6.07, 6.45) is 1.59. The van der Waals surface area contributed by atoms with Crippen molar-refractivity contribution in [3.63, 3.8) is 0 Å². The summed E-state index contributed by atoms with van der Waals surface area (Å²) in [5.41, 5.74) is 1.59. The topological polar surface area (TPSA) is 63.0 Å². The maximum Gasteiger partial charge on any atom is 0.226 e. The van der Waals surface area contributed by atoms with Crippen molar-refractivity contribution in [3.8, 4) is 34.5 Å². The third kappa shape index (κ3) is 3.38. The van der Waals surface area contributed by atoms with E-state index < -0.39 is 0 Å². The van der Waals surface area contributed by atoms with Crippen LogP contribution in [-0.4, -0.2) is 25.3 Å². The molecule has 1 aliphatic heterocycles. The predicted octanol–water partition coefficient (Wildman–Crippen LogP) is 3.70. The number of methoxy groups -OCH3 is 1. The maximum absolute atomic E-state index is 5.77. The van der Waals surface area contributed by atoms with Crippen LogP contribution in [0, 0.1) is 0 Å². The molecule has 0 saturated heterocycles. The van der Waals surface area contributed by atoms with Gasteiger partial charge in [-0.2, -0.15) is 0 Å². The molecule has 1 aromatic heterocycles. The van der Waals surface area contributed by atoms with E-state index in [-0.39, 0.29) is 0 Å². The van der Waals surface area contributed by atoms with Crippen LogP contribution in [0.3, 0.4) is 0 Å². The van der Waals surface area contributed by atoms with Crippen LogP contribution in [-0.2, 0) is 6.61 Å². The SMILES string of the molecule is COc1ccc(-c2nc(COc3ccc4c(c3)OCCO4)co2)cc1. The molecule has 0 amide bonds. The van der Waals surface area contributed by atoms with Crippen molar-refractivity contribution >= 4 is 0 Å². The Kier molecular flexibility index (Phi) is 4.16. The molecule has 0 bridgehead atoms. The summed E-state index contributed by atoms with van der Waals surface area (Å²) in [6, 6.07) is 13.0. The molecule has 1 aliphatic rings. The molecule has 0 N–H and O–H groups in total. The quantitative estimate of drug-likeness (QED) is 0.706. The first-order valence-electron chi connectivity index (χ1n) is 7.93. The Balaban J connectivity index is 1.42. The molecule has 0 aliphatic carbocycles. The van der Waals surface area contributed by atoms with Gasteiger partial charge in [-0.25, -0.2) is 4.98 Å². The fourth-order valence-electron chi connectivity index (χ4n) is 2.51. The van der Waals surface area contributed by atoms with Crippen LogP contribution >= 0.6 is 0 Å². The highest BCUT2D eigenvalue weighted by molar-refractivity contribution is 5.54. The number of ether oxygens (including phenoxy) is 4. The van der Waals surface area contributed by atoms with Gasteiger partial charge in [0.2, 0.25) is 5.89 Å². The highest BCUT2D eigenvalue weighted by Crippen LogP contribution is 2.33. The van der Waals surface area contributed by atoms with Crippen LogP contribution in [0.1, 0.15) is 5.69 Å². The zero-order valence-electron chi connectivity index (χ0n) is 13.7. The molecule has 6 heteroatoms. The second kappa shape index (κ2) is 6.76. The number of oxazole rings is 1. The van der Waals surface area contributed by atoms with E-state index in [1.54, 1.807) is 13.4 Å². The Labute approximate surface area is 144 Å². The molecular formula is C19H17NO5. The summed E-state index contributed by atoms with van der Waals surface area (Å²) >= 11 is 0. The Morgan fingerprint density at radius 2 is 1.72 bits per heavy atom. The van der Waals surface area contributed by atoms with Crippen LogP contribution in [0.4, 0.5) is 0 Å². The highest BCUT2D eigenvalue weighted by Gasteiger charge is 2.13. The third-order valence-electron chi connectivity index (χ3n) is 3.79. The van der Waals surface area contributed by atoms with E-state index in [0.717, 1.165) is 17.1 Å². The van der Waals surface area contributed by atoms with Gasteiger partial charge in [-0.05, 0) is 36.4 Å². The first-order valence-corrected chi connectivity index (χ1v) is 7.93. The molecule has 0 atom stereocenters. The molecule has 2 aromatic carbocycles. The molecule has 0 unspecified atom stereocenters. The lowest BCUT2D eigenvalue weighted by atomic mass is 10.2. The molecule has 2 heterocycles. The zero-order chi connectivity index (χ0) is 17.1. The van der Waals surface area contributed by atoms with E-state index in [9.17, 15) is 0 Å². The summed E-state index contributed by atoms with van der Waals surface area (Å²) in [5.74, 6) is 3.46. The van der Waals surface area contributed by atoms with E-state index in [1.165, 1.54) is 0 Å². The summed E-state index contributed by atoms with van der Waals surface area (Å²) in [6.45, 7) is 1.42. The van der Waals surface area contributed by atoms with Gasteiger partial charge in [0, 0.05) is 11.6 Å². The highest BCUT2D eigenvalue weighted by atomic mass is 16.6. The minimum atomic E-state index is 0.305. The van der Waals surface area contributed by atoms with Crippen LogP contribution in [0.5, 0.6) is 23.0 Å². The molecule has 6 nitrogen and oxygen atoms in total. The summed E-state index contributed by atoms with van der Waals surface area (Å²) < 4.78 is 27.5. The van der Waals surface area contributed by atoms with Gasteiger partial charge in [0.05, 0.1) is 7.11 Å². The van der Waals surface area contributed by atoms with Gasteiger partial charge in [0.15, 0.2) is 11.5 Å². The van der Waals surface area contributed by atoms with Crippen molar-refractivity contribution in [2.75, 3.05) is 20.3 Å². The van der Waals surface area contributed by atoms with E-state index in [4.69, 9.17) is 23.4 Å². The number of nitrogens with zero attached hydrogens (tertiary/aromatic N) is 1. The van der Waals surface area contributed by atoms with Gasteiger partial charge in [0.1, 0.15) is 43.3 Å². The second-order valence-corrected chi connectivity index (χ2v) is 5.47. The average Bonchev–Trinajstić information content (AvgIpc) is 3.15. The van der Waals surface area contributed by atoms with E-state index in [1.807, 2.05) is 42.5 Å². The van der Waals surface area contributed by atoms with Crippen molar-refractivity contribution in [3.05, 3.63) is 54.4 Å². The molecule has 25 heavy (non-hydrogen) atoms. The van der Waals surface area contributed by atoms with Crippen LogP contribution in [0.25, 0.3) is 11.5 Å². The fourth-order valence-corrected chi connectivity index (χ4v) is 2.51. The van der Waals surface area contributed by atoms with Gasteiger partial charge in [-0.3, -0.25) is 0 Å². The molecular weight excluding hydrogens is 322 g/mol. The van der Waals surface area contributed by atoms with Crippen molar-refractivity contribution in [2.45, 2.75) is 6.61 Å². The molecule has 4 rings (SSSR count). The monoisotopic (exact) mass is 339 g/mol. The number of hydrogen-bond acceptors (Lipinski definition) is 6. The van der Waals surface area contributed by atoms with Crippen molar-refractivity contribution in [2.24, 2.45) is 0 Å². The van der Waals surface area contributed by atoms with E-state index >= 15 is 0 Å². The summed E-state index contributed by atoms with van der Waals surface area (Å²) in [5, 5.41) is 0. The van der Waals surface area contributed by atoms with Gasteiger partial charge in [0.25, 0.3) is 0 Å². The fraction of sp³-hybridized carbons (Fsp3) is 0.211. The lowest BCUT2D eigenvalue weighted by Gasteiger charge is -2.18. The molecule has 0 fully saturated rings. The predicted molar refractivity (Wildman–Crippen MR) is 90.3 cm³/mol. The number of fused-ring (bicyclic) bond motifs is 1. The minimum absolute atomic E-state index is 0.305. The Morgan fingerprint density at radius 1 is 0.960 bits per heavy atom. The number of benzene rings is 2. The third-order valence-corrected chi connectivity index (χ3v) is 3.79. The van der Waals surface area contributed by atoms with Crippen molar-refractivity contribution in [1.82, 2.24) is 4.98 Å². The largest absolute Gasteiger partial charge is 0.497 e. The van der Waals surface area contributed by atoms with Gasteiger partial charge in [-0.15, -0.1) is 0 Å². The normalized spacial score (nSPS) is 12.7. The Morgan fingerprint density at radius 3 is 2.52 bits per heavy atom. The molecule has 128 valence electrons. The average molecular weight is 339 g/mol. The van der Waals surface area contributed by atoms with Crippen LogP contribution in [0.2, 0.25) is 0 Å². The maximum atomic E-state index is 5.77. The smallest absolute Gasteiger partial charge is 0.226 e. The zero-order valence-corrected chi connectivity index (χ0v) is 13.7. The van der Waals surface area contributed by atoms with Crippen molar-refractivity contribution in [1.29, 1.82) is 0 Å². The molecule has 0 radical (unpaired) electrons. The summed E-state index contributed by atoms with van der Waals surface area (Å²) in [7, 11) is 1.63. The van der Waals surface area contributed by atoms with Gasteiger partial charge < -0.3 is 23.4 Å². The number of rotatable bonds is 5. The number of aromatic nitrogens is 1. The molecule has 3 aromatic rings. The summed E-state index contributed by atoms with van der Waals surface area (Å²) in [4.78, 5) is 4.45. The molecule has 0 saturated carbocycles. The van der Waals surface area contributed by atoms with Gasteiger partial charge >= 0.3 is 0 Å². The van der Waals surface area contributed by atoms with Crippen LogP contribution in [0.15, 0.2) is 53.1 Å². The molecule has 0 spiro atoms. The van der Waals surface area contributed by atoms with E-state index in [0.29, 0.717) is 42.9 Å². The first-order chi connectivity index (χ1) is 12.3. The Bertz CT molecular complexity index is 857. The van der Waals surface area contributed by atoms with Crippen molar-refractivity contribution < 1.29 is 23.4 Å². The first kappa shape index (κ1) is 15.4. The van der Waals surface area contributed by atoms with Crippen LogP contribution < -0.4 is 18.9 Å². The minimum Gasteiger partial charge on any atom is -0.497 e. The lowest BCUT2D eigenvalue weighted by molar-refractivity contribution is 0.170. The number of hydrogen-bond donors (Lipinski definition) is 0. The standard InChI is InChI=1S/C19H17NO5/c1-21-15-4-2-13(3-5-15)19-20-14(12-25-19)11-24-16-6-7-17-18(10-16)23-9-8-22-17/h2-7,10,12H,8-9,11H2,1H3. The van der Waals surface area contributed by atoms with E-state index in [2.05, 4.69) is 4.98 Å². The lowest BCUT2D eigenvalue weighted by Crippen LogP contribution is -2.15. The second-order valence-electron chi connectivity index (χ2n) is 5.47. The Hall–Kier alpha value is -3.15. The van der Waals surface area contributed by atoms with Gasteiger partial charge in [-0.1, -0.05) is 0 Å².